The van der Waals surface area contributed by atoms with E-state index in [9.17, 15) is 18.7 Å². The van der Waals surface area contributed by atoms with Crippen LogP contribution in [0, 0.1) is 5.41 Å². The number of hydrogen-bond donors (Lipinski definition) is 4. The molecule has 0 bridgehead atoms. The zero-order valence-corrected chi connectivity index (χ0v) is 21.2. The van der Waals surface area contributed by atoms with Gasteiger partial charge in [0.05, 0.1) is 0 Å². The van der Waals surface area contributed by atoms with E-state index in [-0.39, 0.29) is 17.5 Å². The number of thioether (sulfide) groups is 1. The third-order valence-electron chi connectivity index (χ3n) is 4.67. The normalized spacial score (nSPS) is 15.7. The van der Waals surface area contributed by atoms with Crippen LogP contribution in [-0.2, 0) is 6.42 Å². The van der Waals surface area contributed by atoms with Crippen LogP contribution < -0.4 is 15.4 Å². The molecule has 1 heterocycles. The number of amides is 2. The largest absolute Gasteiger partial charge is 0.435 e. The average molecular weight is 580 g/mol. The standard InChI is InChI=1S/C21H27F2IN4O3S/c1-5-12-6-14(31-19(22)23)7-15(11(2)3)16(12)27-20(29)28-17(25)13-8-26-18(32-9-13)21(4,30)10-24/h6-8,11,19,30H,5,9-10H2,1-4H3,(H3,25,27,28,29). The zero-order chi connectivity index (χ0) is 24.1. The lowest BCUT2D eigenvalue weighted by Gasteiger charge is -2.25. The number of urea groups is 1. The Labute approximate surface area is 204 Å². The highest BCUT2D eigenvalue weighted by molar-refractivity contribution is 14.1. The topological polar surface area (TPSA) is 107 Å². The van der Waals surface area contributed by atoms with Gasteiger partial charge in [0, 0.05) is 27.6 Å². The number of amidine groups is 1. The van der Waals surface area contributed by atoms with E-state index in [4.69, 9.17) is 5.41 Å². The molecule has 0 saturated carbocycles. The summed E-state index contributed by atoms with van der Waals surface area (Å²) in [7, 11) is 0. The molecular formula is C21H27F2IN4O3S. The first kappa shape index (κ1) is 26.5. The summed E-state index contributed by atoms with van der Waals surface area (Å²) in [5, 5.41) is 24.3. The van der Waals surface area contributed by atoms with Crippen molar-refractivity contribution in [3.05, 3.63) is 35.0 Å². The van der Waals surface area contributed by atoms with Crippen LogP contribution in [0.4, 0.5) is 19.3 Å². The van der Waals surface area contributed by atoms with Gasteiger partial charge in [-0.05, 0) is 42.5 Å². The fourth-order valence-corrected chi connectivity index (χ4v) is 4.58. The van der Waals surface area contributed by atoms with Crippen LogP contribution in [-0.4, -0.2) is 44.4 Å². The molecule has 176 valence electrons. The van der Waals surface area contributed by atoms with Crippen LogP contribution >= 0.6 is 34.4 Å². The van der Waals surface area contributed by atoms with Gasteiger partial charge in [-0.15, -0.1) is 11.8 Å². The smallest absolute Gasteiger partial charge is 0.387 e. The van der Waals surface area contributed by atoms with E-state index in [0.717, 1.165) is 0 Å². The molecule has 0 saturated heterocycles. The monoisotopic (exact) mass is 580 g/mol. The number of alkyl halides is 3. The van der Waals surface area contributed by atoms with E-state index < -0.39 is 18.2 Å². The summed E-state index contributed by atoms with van der Waals surface area (Å²) in [4.78, 5) is 16.9. The van der Waals surface area contributed by atoms with Gasteiger partial charge in [0.1, 0.15) is 22.2 Å². The maximum Gasteiger partial charge on any atom is 0.387 e. The molecule has 1 atom stereocenters. The number of benzene rings is 1. The predicted molar refractivity (Wildman–Crippen MR) is 134 cm³/mol. The number of rotatable bonds is 8. The van der Waals surface area contributed by atoms with Gasteiger partial charge in [-0.1, -0.05) is 43.4 Å². The van der Waals surface area contributed by atoms with Crippen molar-refractivity contribution in [2.75, 3.05) is 15.5 Å². The van der Waals surface area contributed by atoms with Gasteiger partial charge >= 0.3 is 12.6 Å². The Balaban J connectivity index is 2.18. The Hall–Kier alpha value is -1.73. The van der Waals surface area contributed by atoms with E-state index >= 15 is 0 Å². The van der Waals surface area contributed by atoms with Crippen molar-refractivity contribution in [2.45, 2.75) is 52.2 Å². The van der Waals surface area contributed by atoms with Crippen molar-refractivity contribution in [2.24, 2.45) is 4.99 Å². The second-order valence-electron chi connectivity index (χ2n) is 7.67. The molecule has 1 aromatic rings. The van der Waals surface area contributed by atoms with E-state index in [1.165, 1.54) is 30.1 Å². The Bertz CT molecular complexity index is 936. The van der Waals surface area contributed by atoms with Gasteiger partial charge in [0.15, 0.2) is 0 Å². The van der Waals surface area contributed by atoms with Crippen LogP contribution in [0.3, 0.4) is 0 Å². The third kappa shape index (κ3) is 6.88. The Morgan fingerprint density at radius 2 is 2.12 bits per heavy atom. The first-order chi connectivity index (χ1) is 15.0. The lowest BCUT2D eigenvalue weighted by atomic mass is 9.96. The molecule has 0 fully saturated rings. The summed E-state index contributed by atoms with van der Waals surface area (Å²) in [6.07, 6.45) is 1.96. The lowest BCUT2D eigenvalue weighted by molar-refractivity contribution is -0.0499. The molecule has 1 unspecified atom stereocenters. The van der Waals surface area contributed by atoms with E-state index in [2.05, 4.69) is 43.0 Å². The first-order valence-electron chi connectivity index (χ1n) is 9.95. The maximum atomic E-state index is 12.7. The molecule has 0 aromatic heterocycles. The van der Waals surface area contributed by atoms with Crippen molar-refractivity contribution in [1.82, 2.24) is 5.32 Å². The number of carbonyl (C=O) groups is 1. The summed E-state index contributed by atoms with van der Waals surface area (Å²) >= 11 is 3.40. The highest BCUT2D eigenvalue weighted by Crippen LogP contribution is 2.34. The average Bonchev–Trinajstić information content (AvgIpc) is 2.73. The van der Waals surface area contributed by atoms with Crippen molar-refractivity contribution in [3.63, 3.8) is 0 Å². The molecule has 1 aromatic carbocycles. The van der Waals surface area contributed by atoms with Gasteiger partial charge in [-0.25, -0.2) is 4.79 Å². The molecule has 32 heavy (non-hydrogen) atoms. The second kappa shape index (κ2) is 11.4. The van der Waals surface area contributed by atoms with E-state index in [1.54, 1.807) is 6.92 Å². The van der Waals surface area contributed by atoms with Crippen LogP contribution in [0.2, 0.25) is 0 Å². The molecular weight excluding hydrogens is 553 g/mol. The van der Waals surface area contributed by atoms with E-state index in [0.29, 0.717) is 44.0 Å². The number of aryl methyl sites for hydroxylation is 1. The van der Waals surface area contributed by atoms with Crippen LogP contribution in [0.1, 0.15) is 44.7 Å². The fraction of sp³-hybridized carbons (Fsp3) is 0.476. The second-order valence-corrected chi connectivity index (χ2v) is 9.40. The summed E-state index contributed by atoms with van der Waals surface area (Å²) in [6.45, 7) is 4.36. The highest BCUT2D eigenvalue weighted by atomic mass is 127. The molecule has 2 amide bonds. The number of carbonyl (C=O) groups excluding carboxylic acids is 1. The molecule has 1 aliphatic rings. The quantitative estimate of drug-likeness (QED) is 0.145. The van der Waals surface area contributed by atoms with Gasteiger partial charge in [0.25, 0.3) is 0 Å². The molecule has 0 spiro atoms. The minimum Gasteiger partial charge on any atom is -0.435 e. The van der Waals surface area contributed by atoms with Gasteiger partial charge < -0.3 is 15.2 Å². The van der Waals surface area contributed by atoms with E-state index in [1.807, 2.05) is 20.8 Å². The third-order valence-corrected chi connectivity index (χ3v) is 7.43. The molecule has 2 rings (SSSR count). The van der Waals surface area contributed by atoms with Crippen LogP contribution in [0.15, 0.2) is 28.9 Å². The van der Waals surface area contributed by atoms with Gasteiger partial charge in [-0.2, -0.15) is 8.78 Å². The van der Waals surface area contributed by atoms with Gasteiger partial charge in [-0.3, -0.25) is 15.7 Å². The Kier molecular flexibility index (Phi) is 9.46. The number of halogens is 3. The number of ether oxygens (including phenoxy) is 1. The summed E-state index contributed by atoms with van der Waals surface area (Å²) in [5.41, 5.74) is 1.30. The summed E-state index contributed by atoms with van der Waals surface area (Å²) in [6, 6.07) is 2.36. The van der Waals surface area contributed by atoms with Crippen molar-refractivity contribution < 1.29 is 23.4 Å². The lowest BCUT2D eigenvalue weighted by Crippen LogP contribution is -2.38. The van der Waals surface area contributed by atoms with Crippen LogP contribution in [0.25, 0.3) is 0 Å². The van der Waals surface area contributed by atoms with Crippen molar-refractivity contribution in [3.8, 4) is 5.75 Å². The summed E-state index contributed by atoms with van der Waals surface area (Å²) < 4.78 is 30.4. The number of aliphatic hydroxyl groups is 1. The minimum absolute atomic E-state index is 0.0414. The number of hydrogen-bond acceptors (Lipinski definition) is 6. The SMILES string of the molecule is CCc1cc(OC(F)F)cc(C(C)C)c1NC(=O)NC(=N)C1=CN=C(C(C)(O)CI)SC1. The minimum atomic E-state index is -2.94. The molecule has 1 aliphatic heterocycles. The molecule has 0 radical (unpaired) electrons. The van der Waals surface area contributed by atoms with Gasteiger partial charge in [0.2, 0.25) is 0 Å². The molecule has 0 aliphatic carbocycles. The molecule has 4 N–H and O–H groups in total. The fourth-order valence-electron chi connectivity index (χ4n) is 2.94. The van der Waals surface area contributed by atoms with Crippen molar-refractivity contribution >= 4 is 57.0 Å². The van der Waals surface area contributed by atoms with Crippen molar-refractivity contribution in [1.29, 1.82) is 5.41 Å². The number of anilines is 1. The Morgan fingerprint density at radius 3 is 2.62 bits per heavy atom. The summed E-state index contributed by atoms with van der Waals surface area (Å²) in [5.74, 6) is 0.266. The number of nitrogens with zero attached hydrogens (tertiary/aromatic N) is 1. The maximum absolute atomic E-state index is 12.7. The Morgan fingerprint density at radius 1 is 1.44 bits per heavy atom. The number of nitrogens with one attached hydrogen (secondary N) is 3. The predicted octanol–water partition coefficient (Wildman–Crippen LogP) is 5.29. The first-order valence-corrected chi connectivity index (χ1v) is 12.5. The highest BCUT2D eigenvalue weighted by Gasteiger charge is 2.29. The zero-order valence-electron chi connectivity index (χ0n) is 18.3. The molecule has 7 nitrogen and oxygen atoms in total. The number of aliphatic imine (C=N–C) groups is 1. The van der Waals surface area contributed by atoms with Crippen LogP contribution in [0.5, 0.6) is 5.75 Å². The molecule has 11 heteroatoms.